The largest absolute Gasteiger partial charge is 0.465 e. The number of thiophene rings is 1. The molecule has 0 atom stereocenters. The zero-order chi connectivity index (χ0) is 14.8. The van der Waals surface area contributed by atoms with E-state index in [1.807, 2.05) is 19.1 Å². The molecule has 0 aliphatic carbocycles. The molecule has 0 aliphatic rings. The predicted molar refractivity (Wildman–Crippen MR) is 79.2 cm³/mol. The van der Waals surface area contributed by atoms with E-state index in [9.17, 15) is 8.42 Å². The molecule has 0 saturated heterocycles. The van der Waals surface area contributed by atoms with Crippen LogP contribution in [0.2, 0.25) is 0 Å². The Labute approximate surface area is 123 Å². The topological polar surface area (TPSA) is 76.5 Å². The van der Waals surface area contributed by atoms with Crippen LogP contribution in [0.5, 0.6) is 0 Å². The minimum Gasteiger partial charge on any atom is -0.465 e. The number of rotatable bonds is 6. The Kier molecular flexibility index (Phi) is 4.64. The van der Waals surface area contributed by atoms with Crippen LogP contribution in [0.4, 0.5) is 0 Å². The molecule has 0 fully saturated rings. The van der Waals surface area contributed by atoms with Crippen molar-refractivity contribution in [2.24, 2.45) is 5.73 Å². The van der Waals surface area contributed by atoms with Gasteiger partial charge in [0.05, 0.1) is 6.54 Å². The Morgan fingerprint density at radius 2 is 2.05 bits per heavy atom. The molecular weight excluding hydrogens is 296 g/mol. The maximum absolute atomic E-state index is 12.4. The number of sulfonamides is 1. The first-order chi connectivity index (χ1) is 9.43. The Bertz CT molecular complexity index is 673. The lowest BCUT2D eigenvalue weighted by Crippen LogP contribution is -2.25. The molecule has 0 aromatic carbocycles. The average molecular weight is 314 g/mol. The Hall–Kier alpha value is -1.15. The van der Waals surface area contributed by atoms with Crippen molar-refractivity contribution >= 4 is 21.4 Å². The summed E-state index contributed by atoms with van der Waals surface area (Å²) in [6.45, 7) is 2.57. The zero-order valence-electron chi connectivity index (χ0n) is 11.5. The van der Waals surface area contributed by atoms with Gasteiger partial charge in [-0.2, -0.15) is 4.31 Å². The van der Waals surface area contributed by atoms with Crippen LogP contribution in [0.15, 0.2) is 32.9 Å². The van der Waals surface area contributed by atoms with Gasteiger partial charge in [0.25, 0.3) is 10.0 Å². The van der Waals surface area contributed by atoms with Crippen LogP contribution in [0.25, 0.3) is 0 Å². The first-order valence-electron chi connectivity index (χ1n) is 6.24. The predicted octanol–water partition coefficient (Wildman–Crippen LogP) is 1.97. The van der Waals surface area contributed by atoms with Crippen LogP contribution in [-0.2, 0) is 23.0 Å². The van der Waals surface area contributed by atoms with Gasteiger partial charge >= 0.3 is 0 Å². The number of nitrogens with zero attached hydrogens (tertiary/aromatic N) is 1. The standard InChI is InChI=1S/C13H18N2O3S2/c1-10-3-4-11(18-10)9-15(2)20(16,17)13-6-5-12(19-13)7-8-14/h3-6H,7-9,14H2,1-2H3. The molecule has 0 amide bonds. The first kappa shape index (κ1) is 15.2. The maximum Gasteiger partial charge on any atom is 0.252 e. The SMILES string of the molecule is Cc1ccc(CN(C)S(=O)(=O)c2ccc(CCN)s2)o1. The van der Waals surface area contributed by atoms with Crippen molar-refractivity contribution in [2.45, 2.75) is 24.1 Å². The summed E-state index contributed by atoms with van der Waals surface area (Å²) in [6.07, 6.45) is 0.696. The summed E-state index contributed by atoms with van der Waals surface area (Å²) in [5, 5.41) is 0. The molecule has 7 heteroatoms. The van der Waals surface area contributed by atoms with Crippen LogP contribution in [-0.4, -0.2) is 26.3 Å². The van der Waals surface area contributed by atoms with Crippen molar-refractivity contribution in [3.8, 4) is 0 Å². The van der Waals surface area contributed by atoms with Gasteiger partial charge < -0.3 is 10.2 Å². The van der Waals surface area contributed by atoms with E-state index in [1.54, 1.807) is 19.2 Å². The molecule has 2 aromatic rings. The maximum atomic E-state index is 12.4. The van der Waals surface area contributed by atoms with Gasteiger partial charge in [-0.05, 0) is 44.2 Å². The van der Waals surface area contributed by atoms with E-state index in [-0.39, 0.29) is 6.54 Å². The number of nitrogens with two attached hydrogens (primary N) is 1. The highest BCUT2D eigenvalue weighted by Crippen LogP contribution is 2.25. The molecular formula is C13H18N2O3S2. The average Bonchev–Trinajstić information content (AvgIpc) is 2.99. The van der Waals surface area contributed by atoms with E-state index < -0.39 is 10.0 Å². The molecule has 5 nitrogen and oxygen atoms in total. The van der Waals surface area contributed by atoms with E-state index in [0.717, 1.165) is 10.6 Å². The lowest BCUT2D eigenvalue weighted by Gasteiger charge is -2.14. The van der Waals surface area contributed by atoms with Gasteiger partial charge in [0, 0.05) is 11.9 Å². The lowest BCUT2D eigenvalue weighted by atomic mass is 10.3. The van der Waals surface area contributed by atoms with Crippen molar-refractivity contribution in [3.63, 3.8) is 0 Å². The molecule has 0 spiro atoms. The van der Waals surface area contributed by atoms with Crippen molar-refractivity contribution in [2.75, 3.05) is 13.6 Å². The molecule has 2 N–H and O–H groups in total. The highest BCUT2D eigenvalue weighted by atomic mass is 32.2. The Balaban J connectivity index is 2.15. The monoisotopic (exact) mass is 314 g/mol. The second-order valence-electron chi connectivity index (χ2n) is 4.53. The third-order valence-electron chi connectivity index (χ3n) is 2.87. The molecule has 0 saturated carbocycles. The van der Waals surface area contributed by atoms with Gasteiger partial charge in [-0.3, -0.25) is 0 Å². The zero-order valence-corrected chi connectivity index (χ0v) is 13.1. The third-order valence-corrected chi connectivity index (χ3v) is 6.28. The van der Waals surface area contributed by atoms with Crippen LogP contribution in [0, 0.1) is 6.92 Å². The second kappa shape index (κ2) is 6.09. The van der Waals surface area contributed by atoms with E-state index >= 15 is 0 Å². The number of hydrogen-bond acceptors (Lipinski definition) is 5. The van der Waals surface area contributed by atoms with Gasteiger partial charge in [-0.15, -0.1) is 11.3 Å². The highest BCUT2D eigenvalue weighted by molar-refractivity contribution is 7.91. The van der Waals surface area contributed by atoms with Crippen molar-refractivity contribution in [1.29, 1.82) is 0 Å². The smallest absolute Gasteiger partial charge is 0.252 e. The minimum atomic E-state index is -3.47. The van der Waals surface area contributed by atoms with E-state index in [2.05, 4.69) is 0 Å². The van der Waals surface area contributed by atoms with Crippen molar-refractivity contribution < 1.29 is 12.8 Å². The Morgan fingerprint density at radius 3 is 2.65 bits per heavy atom. The van der Waals surface area contributed by atoms with Crippen LogP contribution in [0.1, 0.15) is 16.4 Å². The summed E-state index contributed by atoms with van der Waals surface area (Å²) < 4.78 is 31.9. The molecule has 0 unspecified atom stereocenters. The molecule has 2 heterocycles. The third kappa shape index (κ3) is 3.29. The Morgan fingerprint density at radius 1 is 1.30 bits per heavy atom. The fraction of sp³-hybridized carbons (Fsp3) is 0.385. The summed E-state index contributed by atoms with van der Waals surface area (Å²) in [6, 6.07) is 7.06. The summed E-state index contributed by atoms with van der Waals surface area (Å²) in [7, 11) is -1.92. The molecule has 2 aromatic heterocycles. The van der Waals surface area contributed by atoms with Gasteiger partial charge in [0.1, 0.15) is 15.7 Å². The van der Waals surface area contributed by atoms with Gasteiger partial charge in [0.2, 0.25) is 0 Å². The van der Waals surface area contributed by atoms with E-state index in [1.165, 1.54) is 15.6 Å². The fourth-order valence-electron chi connectivity index (χ4n) is 1.80. The molecule has 0 aliphatic heterocycles. The number of furan rings is 1. The lowest BCUT2D eigenvalue weighted by molar-refractivity contribution is 0.398. The summed E-state index contributed by atoms with van der Waals surface area (Å²) in [4.78, 5) is 0.980. The summed E-state index contributed by atoms with van der Waals surface area (Å²) >= 11 is 1.27. The molecule has 2 rings (SSSR count). The van der Waals surface area contributed by atoms with Crippen LogP contribution >= 0.6 is 11.3 Å². The number of aryl methyl sites for hydroxylation is 1. The van der Waals surface area contributed by atoms with Crippen LogP contribution < -0.4 is 5.73 Å². The quantitative estimate of drug-likeness (QED) is 0.884. The van der Waals surface area contributed by atoms with Gasteiger partial charge in [-0.1, -0.05) is 0 Å². The van der Waals surface area contributed by atoms with Crippen molar-refractivity contribution in [3.05, 3.63) is 40.7 Å². The van der Waals surface area contributed by atoms with Crippen molar-refractivity contribution in [1.82, 2.24) is 4.31 Å². The first-order valence-corrected chi connectivity index (χ1v) is 8.49. The molecule has 0 bridgehead atoms. The second-order valence-corrected chi connectivity index (χ2v) is 7.97. The summed E-state index contributed by atoms with van der Waals surface area (Å²) in [5.41, 5.74) is 5.48. The minimum absolute atomic E-state index is 0.223. The molecule has 110 valence electrons. The summed E-state index contributed by atoms with van der Waals surface area (Å²) in [5.74, 6) is 1.40. The van der Waals surface area contributed by atoms with Gasteiger partial charge in [-0.25, -0.2) is 8.42 Å². The fourth-order valence-corrected chi connectivity index (χ4v) is 4.52. The van der Waals surface area contributed by atoms with Gasteiger partial charge in [0.15, 0.2) is 0 Å². The van der Waals surface area contributed by atoms with E-state index in [4.69, 9.17) is 10.2 Å². The molecule has 20 heavy (non-hydrogen) atoms. The normalized spacial score (nSPS) is 12.2. The molecule has 0 radical (unpaired) electrons. The highest BCUT2D eigenvalue weighted by Gasteiger charge is 2.23. The number of hydrogen-bond donors (Lipinski definition) is 1. The van der Waals surface area contributed by atoms with Crippen LogP contribution in [0.3, 0.4) is 0 Å². The van der Waals surface area contributed by atoms with E-state index in [0.29, 0.717) is 22.9 Å².